The smallest absolute Gasteiger partial charge is 0.408 e. The summed E-state index contributed by atoms with van der Waals surface area (Å²) in [6.45, 7) is 8.68. The molecule has 0 aliphatic rings. The first-order valence-electron chi connectivity index (χ1n) is 10.3. The van der Waals surface area contributed by atoms with Gasteiger partial charge in [0.25, 0.3) is 10.0 Å². The number of hydrogen-bond donors (Lipinski definition) is 2. The van der Waals surface area contributed by atoms with Gasteiger partial charge in [-0.25, -0.2) is 9.59 Å². The van der Waals surface area contributed by atoms with Crippen LogP contribution in [0.2, 0.25) is 0 Å². The zero-order valence-corrected chi connectivity index (χ0v) is 19.9. The van der Waals surface area contributed by atoms with Crippen LogP contribution in [0.4, 0.5) is 4.79 Å². The molecular formula is C23H27N3O6S. The highest BCUT2D eigenvalue weighted by atomic mass is 32.2. The molecule has 33 heavy (non-hydrogen) atoms. The summed E-state index contributed by atoms with van der Waals surface area (Å²) in [5, 5.41) is 16.6. The highest BCUT2D eigenvalue weighted by Gasteiger charge is 2.26. The number of nitrogens with one attached hydrogen (secondary N) is 1. The highest BCUT2D eigenvalue weighted by Crippen LogP contribution is 2.26. The lowest BCUT2D eigenvalue weighted by Crippen LogP contribution is -2.44. The van der Waals surface area contributed by atoms with Crippen LogP contribution in [0, 0.1) is 13.8 Å². The van der Waals surface area contributed by atoms with Gasteiger partial charge in [0.2, 0.25) is 0 Å². The van der Waals surface area contributed by atoms with Gasteiger partial charge in [-0.1, -0.05) is 23.8 Å². The van der Waals surface area contributed by atoms with Crippen LogP contribution < -0.4 is 5.32 Å². The number of nitrogens with zero attached hydrogens (tertiary/aromatic N) is 2. The molecule has 0 bridgehead atoms. The van der Waals surface area contributed by atoms with Crippen molar-refractivity contribution in [3.05, 3.63) is 59.3 Å². The average molecular weight is 474 g/mol. The number of hydrogen-bond acceptors (Lipinski definition) is 6. The molecule has 2 aromatic carbocycles. The Balaban J connectivity index is 1.92. The average Bonchev–Trinajstić information content (AvgIpc) is 3.14. The second kappa shape index (κ2) is 8.86. The molecule has 1 atom stereocenters. The maximum atomic E-state index is 13.1. The number of carbonyl (C=O) groups is 2. The van der Waals surface area contributed by atoms with Crippen LogP contribution in [0.1, 0.15) is 37.5 Å². The van der Waals surface area contributed by atoms with Crippen LogP contribution in [0.25, 0.3) is 10.9 Å². The third-order valence-corrected chi connectivity index (χ3v) is 6.68. The van der Waals surface area contributed by atoms with Crippen molar-refractivity contribution >= 4 is 33.0 Å². The Morgan fingerprint density at radius 1 is 1.12 bits per heavy atom. The maximum Gasteiger partial charge on any atom is 0.408 e. The van der Waals surface area contributed by atoms with Gasteiger partial charge in [-0.15, -0.1) is 0 Å². The first kappa shape index (κ1) is 24.2. The molecule has 0 saturated heterocycles. The van der Waals surface area contributed by atoms with Crippen LogP contribution in [0.5, 0.6) is 0 Å². The van der Waals surface area contributed by atoms with Crippen molar-refractivity contribution in [3.63, 3.8) is 0 Å². The predicted molar refractivity (Wildman–Crippen MR) is 123 cm³/mol. The molecule has 9 nitrogen and oxygen atoms in total. The largest absolute Gasteiger partial charge is 0.480 e. The van der Waals surface area contributed by atoms with E-state index in [1.807, 2.05) is 6.92 Å². The van der Waals surface area contributed by atoms with Crippen LogP contribution in [-0.2, 0) is 26.0 Å². The summed E-state index contributed by atoms with van der Waals surface area (Å²) in [6, 6.07) is 8.49. The van der Waals surface area contributed by atoms with E-state index in [2.05, 4.69) is 10.4 Å². The van der Waals surface area contributed by atoms with Crippen molar-refractivity contribution in [2.24, 2.45) is 0 Å². The van der Waals surface area contributed by atoms with Crippen LogP contribution in [0.15, 0.2) is 47.5 Å². The molecule has 0 radical (unpaired) electrons. The molecule has 0 aliphatic carbocycles. The van der Waals surface area contributed by atoms with E-state index in [9.17, 15) is 23.1 Å². The number of amides is 1. The zero-order valence-electron chi connectivity index (χ0n) is 19.1. The summed E-state index contributed by atoms with van der Waals surface area (Å²) in [6.07, 6.45) is 0.606. The van der Waals surface area contributed by atoms with Gasteiger partial charge in [0.1, 0.15) is 11.6 Å². The normalized spacial score (nSPS) is 13.0. The number of fused-ring (bicyclic) bond motifs is 1. The Labute approximate surface area is 192 Å². The molecule has 0 aliphatic heterocycles. The SMILES string of the molecule is Cc1ccc(S(=O)(=O)n2ncc3c(C)c(CC(NC(=O)OC(C)(C)C)C(=O)O)ccc32)cc1. The maximum absolute atomic E-state index is 13.1. The number of carboxylic acids is 1. The van der Waals surface area contributed by atoms with Gasteiger partial charge < -0.3 is 15.2 Å². The summed E-state index contributed by atoms with van der Waals surface area (Å²) in [5.74, 6) is -1.21. The Morgan fingerprint density at radius 3 is 2.33 bits per heavy atom. The Kier molecular flexibility index (Phi) is 6.51. The molecule has 0 saturated carbocycles. The van der Waals surface area contributed by atoms with E-state index in [4.69, 9.17) is 4.74 Å². The monoisotopic (exact) mass is 473 g/mol. The van der Waals surface area contributed by atoms with E-state index < -0.39 is 33.7 Å². The lowest BCUT2D eigenvalue weighted by atomic mass is 9.98. The van der Waals surface area contributed by atoms with E-state index in [1.165, 1.54) is 18.3 Å². The number of rotatable bonds is 6. The van der Waals surface area contributed by atoms with Crippen molar-refractivity contribution in [2.75, 3.05) is 0 Å². The van der Waals surface area contributed by atoms with Gasteiger partial charge in [0, 0.05) is 11.8 Å². The van der Waals surface area contributed by atoms with E-state index in [-0.39, 0.29) is 11.3 Å². The van der Waals surface area contributed by atoms with E-state index in [0.29, 0.717) is 22.0 Å². The fraction of sp³-hybridized carbons (Fsp3) is 0.348. The third-order valence-electron chi connectivity index (χ3n) is 5.06. The number of ether oxygens (including phenoxy) is 1. The molecule has 10 heteroatoms. The highest BCUT2D eigenvalue weighted by molar-refractivity contribution is 7.90. The minimum absolute atomic E-state index is 0.00770. The second-order valence-electron chi connectivity index (χ2n) is 8.83. The molecule has 3 aromatic rings. The molecule has 3 rings (SSSR count). The second-order valence-corrected chi connectivity index (χ2v) is 10.6. The standard InChI is InChI=1S/C23H27N3O6S/c1-14-6-9-17(10-7-14)33(30,31)26-20-11-8-16(15(2)18(20)13-24-26)12-19(21(27)28)25-22(29)32-23(3,4)5/h6-11,13,19H,12H2,1-5H3,(H,25,29)(H,27,28). The summed E-state index contributed by atoms with van der Waals surface area (Å²) in [7, 11) is -3.90. The number of carboxylic acid groups (broad SMARTS) is 1. The molecule has 0 fully saturated rings. The Hall–Kier alpha value is -3.40. The molecule has 176 valence electrons. The number of aryl methyl sites for hydroxylation is 2. The number of alkyl carbamates (subject to hydrolysis) is 1. The quantitative estimate of drug-likeness (QED) is 0.561. The van der Waals surface area contributed by atoms with Crippen LogP contribution in [-0.4, -0.2) is 46.4 Å². The third kappa shape index (κ3) is 5.33. The molecule has 1 aromatic heterocycles. The Morgan fingerprint density at radius 2 is 1.76 bits per heavy atom. The minimum atomic E-state index is -3.90. The van der Waals surface area contributed by atoms with Gasteiger partial charge in [-0.05, 0) is 63.9 Å². The summed E-state index contributed by atoms with van der Waals surface area (Å²) >= 11 is 0. The van der Waals surface area contributed by atoms with Gasteiger partial charge >= 0.3 is 12.1 Å². The zero-order chi connectivity index (χ0) is 24.6. The number of aromatic nitrogens is 2. The lowest BCUT2D eigenvalue weighted by Gasteiger charge is -2.22. The van der Waals surface area contributed by atoms with Gasteiger partial charge in [-0.3, -0.25) is 0 Å². The fourth-order valence-electron chi connectivity index (χ4n) is 3.35. The number of benzene rings is 2. The van der Waals surface area contributed by atoms with Gasteiger partial charge in [-0.2, -0.15) is 17.6 Å². The van der Waals surface area contributed by atoms with Crippen molar-refractivity contribution in [1.29, 1.82) is 0 Å². The number of aliphatic carboxylic acids is 1. The first-order valence-corrected chi connectivity index (χ1v) is 11.7. The van der Waals surface area contributed by atoms with E-state index >= 15 is 0 Å². The Bertz CT molecular complexity index is 1300. The lowest BCUT2D eigenvalue weighted by molar-refractivity contribution is -0.139. The minimum Gasteiger partial charge on any atom is -0.480 e. The van der Waals surface area contributed by atoms with Crippen molar-refractivity contribution in [3.8, 4) is 0 Å². The van der Waals surface area contributed by atoms with E-state index in [0.717, 1.165) is 9.65 Å². The molecular weight excluding hydrogens is 446 g/mol. The van der Waals surface area contributed by atoms with Crippen molar-refractivity contribution in [1.82, 2.24) is 14.5 Å². The molecule has 1 amide bonds. The van der Waals surface area contributed by atoms with Gasteiger partial charge in [0.05, 0.1) is 16.6 Å². The molecule has 0 spiro atoms. The van der Waals surface area contributed by atoms with Crippen molar-refractivity contribution in [2.45, 2.75) is 57.6 Å². The summed E-state index contributed by atoms with van der Waals surface area (Å²) in [5.41, 5.74) is 1.87. The topological polar surface area (TPSA) is 128 Å². The van der Waals surface area contributed by atoms with E-state index in [1.54, 1.807) is 52.0 Å². The molecule has 1 unspecified atom stereocenters. The van der Waals surface area contributed by atoms with Crippen molar-refractivity contribution < 1.29 is 27.9 Å². The fourth-order valence-corrected chi connectivity index (χ4v) is 4.62. The molecule has 1 heterocycles. The van der Waals surface area contributed by atoms with Crippen LogP contribution in [0.3, 0.4) is 0 Å². The number of carbonyl (C=O) groups excluding carboxylic acids is 1. The predicted octanol–water partition coefficient (Wildman–Crippen LogP) is 3.41. The molecule has 2 N–H and O–H groups in total. The summed E-state index contributed by atoms with van der Waals surface area (Å²) in [4.78, 5) is 23.9. The summed E-state index contributed by atoms with van der Waals surface area (Å²) < 4.78 is 32.3. The van der Waals surface area contributed by atoms with Gasteiger partial charge in [0.15, 0.2) is 0 Å². The first-order chi connectivity index (χ1) is 15.3. The van der Waals surface area contributed by atoms with Crippen LogP contribution >= 0.6 is 0 Å².